The fourth-order valence-electron chi connectivity index (χ4n) is 2.32. The van der Waals surface area contributed by atoms with Gasteiger partial charge >= 0.3 is 5.97 Å². The number of pyridine rings is 1. The molecule has 0 radical (unpaired) electrons. The van der Waals surface area contributed by atoms with Gasteiger partial charge in [-0.3, -0.25) is 9.78 Å². The van der Waals surface area contributed by atoms with Crippen LogP contribution in [0.3, 0.4) is 0 Å². The molecule has 0 saturated heterocycles. The molecule has 1 heterocycles. The van der Waals surface area contributed by atoms with E-state index in [0.717, 1.165) is 29.3 Å². The molecule has 0 spiro atoms. The fourth-order valence-corrected chi connectivity index (χ4v) is 2.57. The summed E-state index contributed by atoms with van der Waals surface area (Å²) >= 11 is 6.11. The van der Waals surface area contributed by atoms with Gasteiger partial charge in [0.15, 0.2) is 0 Å². The third-order valence-electron chi connectivity index (χ3n) is 3.43. The average molecular weight is 307 g/mol. The predicted molar refractivity (Wildman–Crippen MR) is 84.5 cm³/mol. The Morgan fingerprint density at radius 1 is 1.48 bits per heavy atom. The minimum absolute atomic E-state index is 0.439. The van der Waals surface area contributed by atoms with E-state index in [1.165, 1.54) is 0 Å². The van der Waals surface area contributed by atoms with Gasteiger partial charge < -0.3 is 10.4 Å². The second-order valence-corrected chi connectivity index (χ2v) is 5.49. The van der Waals surface area contributed by atoms with Crippen molar-refractivity contribution < 1.29 is 9.90 Å². The van der Waals surface area contributed by atoms with E-state index in [2.05, 4.69) is 10.3 Å². The zero-order valence-corrected chi connectivity index (χ0v) is 12.7. The highest BCUT2D eigenvalue weighted by atomic mass is 35.5. The summed E-state index contributed by atoms with van der Waals surface area (Å²) < 4.78 is 0. The van der Waals surface area contributed by atoms with Gasteiger partial charge in [0.1, 0.15) is 6.04 Å². The van der Waals surface area contributed by atoms with Crippen molar-refractivity contribution in [3.63, 3.8) is 0 Å². The lowest BCUT2D eigenvalue weighted by molar-refractivity contribution is -0.139. The number of nitrogens with zero attached hydrogens (tertiary/aromatic N) is 1. The molecule has 2 rings (SSSR count). The largest absolute Gasteiger partial charge is 0.480 e. The van der Waals surface area contributed by atoms with Crippen LogP contribution in [-0.2, 0) is 11.3 Å². The second kappa shape index (κ2) is 7.38. The number of aliphatic carboxylic acids is 1. The number of aromatic nitrogens is 1. The predicted octanol–water partition coefficient (Wildman–Crippen LogP) is 3.62. The normalized spacial score (nSPS) is 12.5. The van der Waals surface area contributed by atoms with Crippen LogP contribution >= 0.6 is 11.6 Å². The molecule has 1 aromatic heterocycles. The van der Waals surface area contributed by atoms with Crippen LogP contribution in [0.1, 0.15) is 31.7 Å². The zero-order chi connectivity index (χ0) is 15.2. The van der Waals surface area contributed by atoms with Gasteiger partial charge in [0.2, 0.25) is 0 Å². The van der Waals surface area contributed by atoms with E-state index in [0.29, 0.717) is 18.0 Å². The molecule has 0 fully saturated rings. The highest BCUT2D eigenvalue weighted by molar-refractivity contribution is 6.31. The first-order valence-corrected chi connectivity index (χ1v) is 7.49. The molecule has 112 valence electrons. The van der Waals surface area contributed by atoms with Gasteiger partial charge in [0, 0.05) is 23.2 Å². The highest BCUT2D eigenvalue weighted by Crippen LogP contribution is 2.22. The maximum absolute atomic E-state index is 11.3. The summed E-state index contributed by atoms with van der Waals surface area (Å²) in [4.78, 5) is 15.6. The van der Waals surface area contributed by atoms with E-state index in [1.54, 1.807) is 6.20 Å². The number of nitrogens with one attached hydrogen (secondary N) is 1. The number of benzene rings is 1. The average Bonchev–Trinajstić information content (AvgIpc) is 2.46. The molecule has 1 atom stereocenters. The number of halogens is 1. The van der Waals surface area contributed by atoms with E-state index in [-0.39, 0.29) is 0 Å². The molecule has 0 amide bonds. The van der Waals surface area contributed by atoms with Crippen LogP contribution in [0.25, 0.3) is 10.9 Å². The van der Waals surface area contributed by atoms with Crippen LogP contribution in [-0.4, -0.2) is 22.1 Å². The summed E-state index contributed by atoms with van der Waals surface area (Å²) in [6.45, 7) is 2.49. The molecule has 0 aliphatic rings. The van der Waals surface area contributed by atoms with Gasteiger partial charge in [0.05, 0.1) is 5.52 Å². The standard InChI is InChI=1S/C16H19ClN2O2/c1-2-3-6-14(16(20)21)19-10-12-9-13(17)8-11-5-4-7-18-15(11)12/h4-5,7-9,14,19H,2-3,6,10H2,1H3,(H,20,21). The highest BCUT2D eigenvalue weighted by Gasteiger charge is 2.16. The number of carboxylic acid groups (broad SMARTS) is 1. The van der Waals surface area contributed by atoms with Gasteiger partial charge in [-0.25, -0.2) is 0 Å². The van der Waals surface area contributed by atoms with Crippen LogP contribution in [0, 0.1) is 0 Å². The Hall–Kier alpha value is -1.65. The van der Waals surface area contributed by atoms with Crippen molar-refractivity contribution in [3.8, 4) is 0 Å². The SMILES string of the molecule is CCCCC(NCc1cc(Cl)cc2cccnc12)C(=O)O. The summed E-state index contributed by atoms with van der Waals surface area (Å²) in [6.07, 6.45) is 4.22. The van der Waals surface area contributed by atoms with Crippen molar-refractivity contribution in [2.75, 3.05) is 0 Å². The molecule has 0 bridgehead atoms. The molecule has 1 aromatic carbocycles. The van der Waals surface area contributed by atoms with E-state index < -0.39 is 12.0 Å². The molecule has 0 aliphatic carbocycles. The first-order chi connectivity index (χ1) is 10.1. The number of hydrogen-bond acceptors (Lipinski definition) is 3. The first kappa shape index (κ1) is 15.7. The van der Waals surface area contributed by atoms with Gasteiger partial charge in [0.25, 0.3) is 0 Å². The van der Waals surface area contributed by atoms with Crippen LogP contribution in [0.15, 0.2) is 30.5 Å². The number of unbranched alkanes of at least 4 members (excludes halogenated alkanes) is 1. The molecule has 0 aliphatic heterocycles. The van der Waals surface area contributed by atoms with Crippen molar-refractivity contribution in [1.29, 1.82) is 0 Å². The Morgan fingerprint density at radius 3 is 3.00 bits per heavy atom. The Labute approximate surface area is 129 Å². The van der Waals surface area contributed by atoms with Gasteiger partial charge in [-0.15, -0.1) is 0 Å². The summed E-state index contributed by atoms with van der Waals surface area (Å²) in [5, 5.41) is 13.9. The van der Waals surface area contributed by atoms with Gasteiger partial charge in [-0.1, -0.05) is 37.4 Å². The summed E-state index contributed by atoms with van der Waals surface area (Å²) in [5.41, 5.74) is 1.77. The number of fused-ring (bicyclic) bond motifs is 1. The molecular weight excluding hydrogens is 288 g/mol. The minimum Gasteiger partial charge on any atom is -0.480 e. The van der Waals surface area contributed by atoms with Crippen molar-refractivity contribution >= 4 is 28.5 Å². The summed E-state index contributed by atoms with van der Waals surface area (Å²) in [6, 6.07) is 6.96. The Morgan fingerprint density at radius 2 is 2.29 bits per heavy atom. The first-order valence-electron chi connectivity index (χ1n) is 7.11. The topological polar surface area (TPSA) is 62.2 Å². The molecule has 5 heteroatoms. The third kappa shape index (κ3) is 4.16. The number of hydrogen-bond donors (Lipinski definition) is 2. The van der Waals surface area contributed by atoms with Crippen LogP contribution < -0.4 is 5.32 Å². The third-order valence-corrected chi connectivity index (χ3v) is 3.65. The lowest BCUT2D eigenvalue weighted by Crippen LogP contribution is -2.36. The van der Waals surface area contributed by atoms with Gasteiger partial charge in [-0.05, 0) is 30.2 Å². The Kier molecular flexibility index (Phi) is 5.53. The van der Waals surface area contributed by atoms with Crippen LogP contribution in [0.5, 0.6) is 0 Å². The lowest BCUT2D eigenvalue weighted by atomic mass is 10.1. The smallest absolute Gasteiger partial charge is 0.320 e. The van der Waals surface area contributed by atoms with Crippen molar-refractivity contribution in [2.24, 2.45) is 0 Å². The molecule has 1 unspecified atom stereocenters. The van der Waals surface area contributed by atoms with E-state index in [1.807, 2.05) is 31.2 Å². The van der Waals surface area contributed by atoms with E-state index >= 15 is 0 Å². The minimum atomic E-state index is -0.817. The molecule has 0 saturated carbocycles. The lowest BCUT2D eigenvalue weighted by Gasteiger charge is -2.15. The summed E-state index contributed by atoms with van der Waals surface area (Å²) in [7, 11) is 0. The zero-order valence-electron chi connectivity index (χ0n) is 12.0. The van der Waals surface area contributed by atoms with Gasteiger partial charge in [-0.2, -0.15) is 0 Å². The molecule has 4 nitrogen and oxygen atoms in total. The van der Waals surface area contributed by atoms with Crippen molar-refractivity contribution in [1.82, 2.24) is 10.3 Å². The van der Waals surface area contributed by atoms with Crippen LogP contribution in [0.2, 0.25) is 5.02 Å². The second-order valence-electron chi connectivity index (χ2n) is 5.05. The maximum Gasteiger partial charge on any atom is 0.320 e. The maximum atomic E-state index is 11.3. The molecule has 2 aromatic rings. The number of carbonyl (C=O) groups is 1. The van der Waals surface area contributed by atoms with Crippen molar-refractivity contribution in [2.45, 2.75) is 38.8 Å². The Balaban J connectivity index is 2.17. The number of carboxylic acids is 1. The summed E-state index contributed by atoms with van der Waals surface area (Å²) in [5.74, 6) is -0.817. The van der Waals surface area contributed by atoms with E-state index in [9.17, 15) is 9.90 Å². The van der Waals surface area contributed by atoms with Crippen LogP contribution in [0.4, 0.5) is 0 Å². The van der Waals surface area contributed by atoms with Crippen molar-refractivity contribution in [3.05, 3.63) is 41.0 Å². The fraction of sp³-hybridized carbons (Fsp3) is 0.375. The molecule has 21 heavy (non-hydrogen) atoms. The molecular formula is C16H19ClN2O2. The monoisotopic (exact) mass is 306 g/mol. The number of rotatable bonds is 7. The Bertz CT molecular complexity index is 631. The quantitative estimate of drug-likeness (QED) is 0.820. The molecule has 2 N–H and O–H groups in total. The van der Waals surface area contributed by atoms with E-state index in [4.69, 9.17) is 11.6 Å².